The molecule has 0 fully saturated rings. The maximum absolute atomic E-state index is 8.07. The fourth-order valence-corrected chi connectivity index (χ4v) is 2.43. The quantitative estimate of drug-likeness (QED) is 0.260. The monoisotopic (exact) mass is 271 g/mol. The van der Waals surface area contributed by atoms with Crippen molar-refractivity contribution in [3.05, 3.63) is 39.2 Å². The third-order valence-corrected chi connectivity index (χ3v) is 3.67. The molecule has 0 aliphatic rings. The maximum atomic E-state index is 8.07. The average Bonchev–Trinajstić information content (AvgIpc) is 2.20. The van der Waals surface area contributed by atoms with Crippen LogP contribution in [0.5, 0.6) is 0 Å². The van der Waals surface area contributed by atoms with Gasteiger partial charge in [-0.05, 0) is 45.8 Å². The second-order valence-electron chi connectivity index (χ2n) is 2.59. The van der Waals surface area contributed by atoms with Crippen molar-refractivity contribution in [2.45, 2.75) is 11.3 Å². The molecule has 0 aliphatic heterocycles. The molecule has 1 rings (SSSR count). The first kappa shape index (κ1) is 11.4. The summed E-state index contributed by atoms with van der Waals surface area (Å²) in [6.07, 6.45) is 0.913. The summed E-state index contributed by atoms with van der Waals surface area (Å²) in [7, 11) is 0. The molecule has 0 atom stereocenters. The Kier molecular flexibility index (Phi) is 5.52. The Morgan fingerprint density at radius 1 is 1.43 bits per heavy atom. The minimum atomic E-state index is 0.577. The first-order valence-electron chi connectivity index (χ1n) is 4.23. The Labute approximate surface area is 95.7 Å². The molecule has 0 aliphatic carbocycles. The molecule has 0 aromatic heterocycles. The van der Waals surface area contributed by atoms with Crippen LogP contribution in [0.1, 0.15) is 6.42 Å². The van der Waals surface area contributed by atoms with Gasteiger partial charge >= 0.3 is 0 Å². The summed E-state index contributed by atoms with van der Waals surface area (Å²) >= 11 is 5.24. The van der Waals surface area contributed by atoms with Crippen molar-refractivity contribution >= 4 is 27.7 Å². The molecule has 0 bridgehead atoms. The van der Waals surface area contributed by atoms with Crippen molar-refractivity contribution in [1.82, 2.24) is 0 Å². The smallest absolute Gasteiger partial charge is 0.0311 e. The molecule has 1 aromatic rings. The van der Waals surface area contributed by atoms with Gasteiger partial charge in [0.1, 0.15) is 0 Å². The van der Waals surface area contributed by atoms with E-state index in [1.807, 2.05) is 18.2 Å². The van der Waals surface area contributed by atoms with Gasteiger partial charge in [0.25, 0.3) is 0 Å². The molecule has 0 spiro atoms. The van der Waals surface area contributed by atoms with E-state index in [2.05, 4.69) is 32.0 Å². The van der Waals surface area contributed by atoms with E-state index in [-0.39, 0.29) is 0 Å². The van der Waals surface area contributed by atoms with Gasteiger partial charge in [-0.2, -0.15) is 0 Å². The van der Waals surface area contributed by atoms with E-state index in [4.69, 9.17) is 5.53 Å². The zero-order chi connectivity index (χ0) is 10.2. The minimum absolute atomic E-state index is 0.577. The van der Waals surface area contributed by atoms with Crippen molar-refractivity contribution < 1.29 is 0 Å². The summed E-state index contributed by atoms with van der Waals surface area (Å²) < 4.78 is 1.12. The topological polar surface area (TPSA) is 48.8 Å². The molecule has 0 amide bonds. The summed E-state index contributed by atoms with van der Waals surface area (Å²) in [5.74, 6) is 0.974. The highest BCUT2D eigenvalue weighted by Gasteiger charge is 1.97. The van der Waals surface area contributed by atoms with Gasteiger partial charge in [-0.15, -0.1) is 11.8 Å². The molecule has 3 nitrogen and oxygen atoms in total. The number of azide groups is 1. The van der Waals surface area contributed by atoms with E-state index in [9.17, 15) is 0 Å². The van der Waals surface area contributed by atoms with Crippen molar-refractivity contribution in [3.63, 3.8) is 0 Å². The van der Waals surface area contributed by atoms with Crippen LogP contribution in [0.15, 0.2) is 38.7 Å². The van der Waals surface area contributed by atoms with Crippen LogP contribution >= 0.6 is 27.7 Å². The molecule has 0 unspecified atom stereocenters. The number of thioether (sulfide) groups is 1. The summed E-state index contributed by atoms with van der Waals surface area (Å²) in [4.78, 5) is 3.93. The molecular formula is C9H10BrN3S. The number of halogens is 1. The van der Waals surface area contributed by atoms with E-state index in [0.29, 0.717) is 6.54 Å². The standard InChI is InChI=1S/C9H10BrN3S/c10-8-4-1-2-5-9(8)14-7-3-6-12-13-11/h1-2,4-5H,3,6-7H2. The Hall–Kier alpha value is -0.640. The van der Waals surface area contributed by atoms with E-state index in [1.165, 1.54) is 4.90 Å². The largest absolute Gasteiger partial charge is 0.125 e. The molecule has 0 radical (unpaired) electrons. The summed E-state index contributed by atoms with van der Waals surface area (Å²) in [5.41, 5.74) is 8.07. The molecular weight excluding hydrogens is 262 g/mol. The third-order valence-electron chi connectivity index (χ3n) is 1.56. The summed E-state index contributed by atoms with van der Waals surface area (Å²) in [6.45, 7) is 0.577. The summed E-state index contributed by atoms with van der Waals surface area (Å²) in [5, 5.41) is 3.48. The highest BCUT2D eigenvalue weighted by molar-refractivity contribution is 9.10. The second kappa shape index (κ2) is 6.76. The molecule has 5 heteroatoms. The molecule has 0 saturated heterocycles. The van der Waals surface area contributed by atoms with Gasteiger partial charge in [-0.1, -0.05) is 17.2 Å². The van der Waals surface area contributed by atoms with Gasteiger partial charge in [-0.3, -0.25) is 0 Å². The number of hydrogen-bond acceptors (Lipinski definition) is 2. The third kappa shape index (κ3) is 4.05. The van der Waals surface area contributed by atoms with Crippen molar-refractivity contribution in [2.75, 3.05) is 12.3 Å². The van der Waals surface area contributed by atoms with E-state index in [1.54, 1.807) is 11.8 Å². The molecule has 1 aromatic carbocycles. The van der Waals surface area contributed by atoms with Crippen LogP contribution < -0.4 is 0 Å². The lowest BCUT2D eigenvalue weighted by Crippen LogP contribution is -1.84. The number of hydrogen-bond donors (Lipinski definition) is 0. The normalized spacial score (nSPS) is 9.50. The van der Waals surface area contributed by atoms with Gasteiger partial charge < -0.3 is 0 Å². The maximum Gasteiger partial charge on any atom is 0.0311 e. The van der Waals surface area contributed by atoms with E-state index in [0.717, 1.165) is 16.6 Å². The zero-order valence-electron chi connectivity index (χ0n) is 7.56. The van der Waals surface area contributed by atoms with Gasteiger partial charge in [0.15, 0.2) is 0 Å². The highest BCUT2D eigenvalue weighted by atomic mass is 79.9. The first-order valence-corrected chi connectivity index (χ1v) is 6.00. The predicted octanol–water partition coefficient (Wildman–Crippen LogP) is 4.24. The first-order chi connectivity index (χ1) is 6.84. The molecule has 14 heavy (non-hydrogen) atoms. The fourth-order valence-electron chi connectivity index (χ4n) is 0.924. The minimum Gasteiger partial charge on any atom is -0.125 e. The Morgan fingerprint density at radius 2 is 2.21 bits per heavy atom. The molecule has 0 saturated carbocycles. The van der Waals surface area contributed by atoms with Crippen LogP contribution in [0, 0.1) is 0 Å². The molecule has 74 valence electrons. The SMILES string of the molecule is [N-]=[N+]=NCCCSc1ccccc1Br. The number of benzene rings is 1. The van der Waals surface area contributed by atoms with Gasteiger partial charge in [0, 0.05) is 20.8 Å². The van der Waals surface area contributed by atoms with Crippen LogP contribution in [0.3, 0.4) is 0 Å². The Bertz CT molecular complexity index is 337. The van der Waals surface area contributed by atoms with Crippen molar-refractivity contribution in [2.24, 2.45) is 5.11 Å². The lowest BCUT2D eigenvalue weighted by Gasteiger charge is -2.01. The lowest BCUT2D eigenvalue weighted by molar-refractivity contribution is 0.932. The lowest BCUT2D eigenvalue weighted by atomic mass is 10.4. The van der Waals surface area contributed by atoms with E-state index >= 15 is 0 Å². The Morgan fingerprint density at radius 3 is 2.93 bits per heavy atom. The predicted molar refractivity (Wildman–Crippen MR) is 63.5 cm³/mol. The summed E-state index contributed by atoms with van der Waals surface area (Å²) in [6, 6.07) is 8.10. The van der Waals surface area contributed by atoms with Crippen LogP contribution in [0.2, 0.25) is 0 Å². The van der Waals surface area contributed by atoms with Crippen LogP contribution in [0.25, 0.3) is 10.4 Å². The van der Waals surface area contributed by atoms with Crippen LogP contribution in [0.4, 0.5) is 0 Å². The van der Waals surface area contributed by atoms with Gasteiger partial charge in [-0.25, -0.2) is 0 Å². The highest BCUT2D eigenvalue weighted by Crippen LogP contribution is 2.27. The fraction of sp³-hybridized carbons (Fsp3) is 0.333. The van der Waals surface area contributed by atoms with Gasteiger partial charge in [0.05, 0.1) is 0 Å². The Balaban J connectivity index is 2.31. The number of nitrogens with zero attached hydrogens (tertiary/aromatic N) is 3. The van der Waals surface area contributed by atoms with Crippen molar-refractivity contribution in [3.8, 4) is 0 Å². The second-order valence-corrected chi connectivity index (χ2v) is 4.58. The van der Waals surface area contributed by atoms with E-state index < -0.39 is 0 Å². The van der Waals surface area contributed by atoms with Crippen molar-refractivity contribution in [1.29, 1.82) is 0 Å². The molecule has 0 N–H and O–H groups in total. The number of rotatable bonds is 5. The van der Waals surface area contributed by atoms with Crippen LogP contribution in [-0.4, -0.2) is 12.3 Å². The average molecular weight is 272 g/mol. The molecule has 0 heterocycles. The van der Waals surface area contributed by atoms with Gasteiger partial charge in [0.2, 0.25) is 0 Å². The van der Waals surface area contributed by atoms with Crippen LogP contribution in [-0.2, 0) is 0 Å². The zero-order valence-corrected chi connectivity index (χ0v) is 9.96.